The molecule has 0 radical (unpaired) electrons. The van der Waals surface area contributed by atoms with E-state index in [9.17, 15) is 9.67 Å². The number of aromatic nitrogens is 4. The second-order valence-corrected chi connectivity index (χ2v) is 7.02. The van der Waals surface area contributed by atoms with Crippen LogP contribution in [0.2, 0.25) is 0 Å². The number of ether oxygens (including phenoxy) is 2. The fourth-order valence-electron chi connectivity index (χ4n) is 2.62. The number of rotatable bonds is 7. The summed E-state index contributed by atoms with van der Waals surface area (Å²) in [6.45, 7) is 1.95. The third-order valence-electron chi connectivity index (χ3n) is 3.77. The Bertz CT molecular complexity index is 825. The second kappa shape index (κ2) is 7.43. The van der Waals surface area contributed by atoms with E-state index in [2.05, 4.69) is 19.5 Å². The molecule has 1 aliphatic rings. The fraction of sp³-hybridized carbons (Fsp3) is 0.615. The summed E-state index contributed by atoms with van der Waals surface area (Å²) in [5, 5.41) is 10.1. The number of phosphoric acid groups is 1. The standard InChI is InChI=1S/C13H20N5O7P/c1-2-3-23-12-10-11(16-13(14)17-12)18(6-15-10)9-4-7(19)8(25-9)5-24-26(20,21)22/h6-9,19H,2-5H2,1H3,(H2,14,16,17)(H2,20,21,22)/t7-,8+,9+/m0/s1. The Balaban J connectivity index is 1.82. The molecule has 3 rings (SSSR count). The van der Waals surface area contributed by atoms with Crippen molar-refractivity contribution in [2.75, 3.05) is 18.9 Å². The van der Waals surface area contributed by atoms with Gasteiger partial charge in [-0.05, 0) is 6.42 Å². The number of phosphoric ester groups is 1. The number of imidazole rings is 1. The van der Waals surface area contributed by atoms with Gasteiger partial charge in [-0.1, -0.05) is 6.92 Å². The van der Waals surface area contributed by atoms with Crippen molar-refractivity contribution in [1.29, 1.82) is 0 Å². The monoisotopic (exact) mass is 389 g/mol. The number of fused-ring (bicyclic) bond motifs is 1. The molecule has 0 spiro atoms. The zero-order valence-electron chi connectivity index (χ0n) is 13.9. The summed E-state index contributed by atoms with van der Waals surface area (Å²) in [5.41, 5.74) is 6.51. The van der Waals surface area contributed by atoms with Gasteiger partial charge < -0.3 is 30.1 Å². The minimum Gasteiger partial charge on any atom is -0.476 e. The van der Waals surface area contributed by atoms with Crippen molar-refractivity contribution in [2.24, 2.45) is 0 Å². The van der Waals surface area contributed by atoms with Gasteiger partial charge in [0.05, 0.1) is 25.6 Å². The minimum absolute atomic E-state index is 0.00489. The molecule has 1 aliphatic heterocycles. The number of nitrogens with two attached hydrogens (primary N) is 1. The maximum Gasteiger partial charge on any atom is 0.469 e. The Morgan fingerprint density at radius 2 is 2.23 bits per heavy atom. The molecule has 2 aromatic rings. The second-order valence-electron chi connectivity index (χ2n) is 5.78. The van der Waals surface area contributed by atoms with Crippen LogP contribution in [-0.4, -0.2) is 59.8 Å². The SMILES string of the molecule is CCCOc1nc(N)nc2c1ncn2[C@H]1C[C@H](O)[C@@H](COP(=O)(O)O)O1. The number of anilines is 1. The first kappa shape index (κ1) is 19.0. The van der Waals surface area contributed by atoms with Crippen molar-refractivity contribution in [3.63, 3.8) is 0 Å². The minimum atomic E-state index is -4.65. The zero-order valence-corrected chi connectivity index (χ0v) is 14.8. The van der Waals surface area contributed by atoms with Crippen molar-refractivity contribution in [1.82, 2.24) is 19.5 Å². The normalized spacial score (nSPS) is 23.6. The predicted molar refractivity (Wildman–Crippen MR) is 88.1 cm³/mol. The molecule has 1 fully saturated rings. The highest BCUT2D eigenvalue weighted by Gasteiger charge is 2.37. The Morgan fingerprint density at radius 3 is 2.92 bits per heavy atom. The van der Waals surface area contributed by atoms with Gasteiger partial charge in [0.15, 0.2) is 11.2 Å². The number of hydrogen-bond acceptors (Lipinski definition) is 9. The van der Waals surface area contributed by atoms with Crippen LogP contribution in [0, 0.1) is 0 Å². The van der Waals surface area contributed by atoms with Crippen molar-refractivity contribution in [2.45, 2.75) is 38.2 Å². The first-order valence-corrected chi connectivity index (χ1v) is 9.48. The molecule has 0 aliphatic carbocycles. The van der Waals surface area contributed by atoms with Gasteiger partial charge in [0.2, 0.25) is 11.8 Å². The lowest BCUT2D eigenvalue weighted by molar-refractivity contribution is -0.0424. The Hall–Kier alpha value is -1.82. The van der Waals surface area contributed by atoms with Gasteiger partial charge >= 0.3 is 7.82 Å². The quantitative estimate of drug-likeness (QED) is 0.467. The molecule has 12 nitrogen and oxygen atoms in total. The lowest BCUT2D eigenvalue weighted by atomic mass is 10.2. The summed E-state index contributed by atoms with van der Waals surface area (Å²) < 4.78 is 28.0. The van der Waals surface area contributed by atoms with Gasteiger partial charge in [-0.15, -0.1) is 0 Å². The highest BCUT2D eigenvalue weighted by atomic mass is 31.2. The Labute approximate surface area is 148 Å². The van der Waals surface area contributed by atoms with E-state index in [1.54, 1.807) is 4.57 Å². The van der Waals surface area contributed by atoms with E-state index in [1.165, 1.54) is 6.33 Å². The maximum atomic E-state index is 10.8. The Morgan fingerprint density at radius 1 is 1.46 bits per heavy atom. The third kappa shape index (κ3) is 4.11. The van der Waals surface area contributed by atoms with Gasteiger partial charge in [0, 0.05) is 6.42 Å². The predicted octanol–water partition coefficient (Wildman–Crippen LogP) is -0.0450. The van der Waals surface area contributed by atoms with Crippen molar-refractivity contribution >= 4 is 24.9 Å². The summed E-state index contributed by atoms with van der Waals surface area (Å²) >= 11 is 0. The highest BCUT2D eigenvalue weighted by Crippen LogP contribution is 2.38. The lowest BCUT2D eigenvalue weighted by Crippen LogP contribution is -2.25. The van der Waals surface area contributed by atoms with Crippen LogP contribution in [0.25, 0.3) is 11.2 Å². The van der Waals surface area contributed by atoms with Crippen molar-refractivity contribution < 1.29 is 33.5 Å². The summed E-state index contributed by atoms with van der Waals surface area (Å²) in [6, 6.07) is 0. The first-order chi connectivity index (χ1) is 12.3. The van der Waals surface area contributed by atoms with Gasteiger partial charge in [-0.3, -0.25) is 9.09 Å². The number of aliphatic hydroxyl groups is 1. The summed E-state index contributed by atoms with van der Waals surface area (Å²) in [5.74, 6) is 0.262. The molecule has 144 valence electrons. The van der Waals surface area contributed by atoms with Crippen LogP contribution in [0.4, 0.5) is 5.95 Å². The lowest BCUT2D eigenvalue weighted by Gasteiger charge is -2.16. The summed E-state index contributed by atoms with van der Waals surface area (Å²) in [7, 11) is -4.65. The molecule has 3 heterocycles. The molecule has 0 amide bonds. The van der Waals surface area contributed by atoms with Crippen molar-refractivity contribution in [3.05, 3.63) is 6.33 Å². The zero-order chi connectivity index (χ0) is 18.9. The van der Waals surface area contributed by atoms with Crippen LogP contribution in [0.5, 0.6) is 5.88 Å². The molecule has 5 N–H and O–H groups in total. The smallest absolute Gasteiger partial charge is 0.469 e. The highest BCUT2D eigenvalue weighted by molar-refractivity contribution is 7.46. The van der Waals surface area contributed by atoms with E-state index in [-0.39, 0.29) is 18.2 Å². The van der Waals surface area contributed by atoms with E-state index in [0.29, 0.717) is 17.8 Å². The van der Waals surface area contributed by atoms with Crippen LogP contribution in [-0.2, 0) is 13.8 Å². The fourth-order valence-corrected chi connectivity index (χ4v) is 2.96. The first-order valence-electron chi connectivity index (χ1n) is 7.95. The average Bonchev–Trinajstić information content (AvgIpc) is 3.13. The van der Waals surface area contributed by atoms with E-state index in [4.69, 9.17) is 25.0 Å². The topological polar surface area (TPSA) is 175 Å². The largest absolute Gasteiger partial charge is 0.476 e. The van der Waals surface area contributed by atoms with Crippen LogP contribution >= 0.6 is 7.82 Å². The van der Waals surface area contributed by atoms with Crippen LogP contribution in [0.15, 0.2) is 6.33 Å². The third-order valence-corrected chi connectivity index (χ3v) is 4.26. The molecule has 0 bridgehead atoms. The molecule has 3 atom stereocenters. The summed E-state index contributed by atoms with van der Waals surface area (Å²) in [6.07, 6.45) is -0.130. The van der Waals surface area contributed by atoms with Crippen LogP contribution < -0.4 is 10.5 Å². The van der Waals surface area contributed by atoms with E-state index < -0.39 is 32.9 Å². The van der Waals surface area contributed by atoms with E-state index in [0.717, 1.165) is 6.42 Å². The van der Waals surface area contributed by atoms with Gasteiger partial charge in [-0.25, -0.2) is 9.55 Å². The average molecular weight is 389 g/mol. The molecule has 0 saturated carbocycles. The molecule has 2 aromatic heterocycles. The van der Waals surface area contributed by atoms with E-state index >= 15 is 0 Å². The van der Waals surface area contributed by atoms with Gasteiger partial charge in [0.25, 0.3) is 0 Å². The molecule has 0 aromatic carbocycles. The molecular formula is C13H20N5O7P. The summed E-state index contributed by atoms with van der Waals surface area (Å²) in [4.78, 5) is 30.0. The van der Waals surface area contributed by atoms with E-state index in [1.807, 2.05) is 6.92 Å². The van der Waals surface area contributed by atoms with Crippen LogP contribution in [0.3, 0.4) is 0 Å². The molecule has 13 heteroatoms. The van der Waals surface area contributed by atoms with Crippen LogP contribution in [0.1, 0.15) is 26.0 Å². The molecule has 26 heavy (non-hydrogen) atoms. The van der Waals surface area contributed by atoms with Gasteiger partial charge in [0.1, 0.15) is 12.3 Å². The number of hydrogen-bond donors (Lipinski definition) is 4. The Kier molecular flexibility index (Phi) is 5.42. The van der Waals surface area contributed by atoms with Gasteiger partial charge in [-0.2, -0.15) is 9.97 Å². The number of aliphatic hydroxyl groups excluding tert-OH is 1. The molecule has 0 unspecified atom stereocenters. The van der Waals surface area contributed by atoms with Crippen molar-refractivity contribution in [3.8, 4) is 5.88 Å². The molecular weight excluding hydrogens is 369 g/mol. The number of nitrogen functional groups attached to an aromatic ring is 1. The molecule has 1 saturated heterocycles. The maximum absolute atomic E-state index is 10.8. The number of nitrogens with zero attached hydrogens (tertiary/aromatic N) is 4.